The van der Waals surface area contributed by atoms with Crippen LogP contribution in [0.4, 0.5) is 18.9 Å². The Labute approximate surface area is 181 Å². The van der Waals surface area contributed by atoms with Gasteiger partial charge in [-0.3, -0.25) is 4.98 Å². The number of fused-ring (bicyclic) bond motifs is 1. The number of hydrogen-bond acceptors (Lipinski definition) is 8. The molecule has 0 saturated carbocycles. The van der Waals surface area contributed by atoms with Gasteiger partial charge in [0, 0.05) is 24.8 Å². The molecule has 8 nitrogen and oxygen atoms in total. The van der Waals surface area contributed by atoms with Crippen LogP contribution in [0, 0.1) is 0 Å². The molecule has 3 heterocycles. The van der Waals surface area contributed by atoms with Crippen molar-refractivity contribution in [1.82, 2.24) is 9.97 Å². The van der Waals surface area contributed by atoms with Crippen LogP contribution in [0.2, 0.25) is 0 Å². The van der Waals surface area contributed by atoms with E-state index >= 15 is 0 Å². The number of rotatable bonds is 5. The third-order valence-corrected chi connectivity index (χ3v) is 5.81. The second-order valence-corrected chi connectivity index (χ2v) is 8.39. The van der Waals surface area contributed by atoms with Crippen molar-refractivity contribution in [2.24, 2.45) is 0 Å². The van der Waals surface area contributed by atoms with Crippen LogP contribution in [0.3, 0.4) is 0 Å². The van der Waals surface area contributed by atoms with Gasteiger partial charge in [0.05, 0.1) is 42.6 Å². The summed E-state index contributed by atoms with van der Waals surface area (Å²) in [6, 6.07) is 9.54. The molecule has 0 radical (unpaired) electrons. The SMILES string of the molecule is COc1cc(-c2cc3ncccc3c(OS(=O)(=O)C(F)(F)F)n2)ccc1N1CCOCC1. The van der Waals surface area contributed by atoms with Crippen molar-refractivity contribution < 1.29 is 35.2 Å². The van der Waals surface area contributed by atoms with Gasteiger partial charge in [-0.25, -0.2) is 4.98 Å². The Morgan fingerprint density at radius 2 is 1.88 bits per heavy atom. The lowest BCUT2D eigenvalue weighted by Gasteiger charge is -2.30. The Bertz CT molecular complexity index is 1240. The van der Waals surface area contributed by atoms with E-state index in [0.29, 0.717) is 37.6 Å². The molecule has 0 atom stereocenters. The van der Waals surface area contributed by atoms with Crippen LogP contribution in [0.25, 0.3) is 22.2 Å². The molecule has 12 heteroatoms. The fraction of sp³-hybridized carbons (Fsp3) is 0.300. The van der Waals surface area contributed by atoms with Crippen LogP contribution in [-0.4, -0.2) is 57.3 Å². The minimum Gasteiger partial charge on any atom is -0.495 e. The predicted molar refractivity (Wildman–Crippen MR) is 110 cm³/mol. The number of nitrogens with zero attached hydrogens (tertiary/aromatic N) is 3. The molecular formula is C20H18F3N3O5S. The van der Waals surface area contributed by atoms with Gasteiger partial charge in [0.25, 0.3) is 0 Å². The van der Waals surface area contributed by atoms with Crippen LogP contribution >= 0.6 is 0 Å². The molecule has 0 amide bonds. The molecule has 0 aliphatic carbocycles. The van der Waals surface area contributed by atoms with E-state index < -0.39 is 21.5 Å². The maximum Gasteiger partial charge on any atom is 0.534 e. The predicted octanol–water partition coefficient (Wildman–Crippen LogP) is 3.37. The summed E-state index contributed by atoms with van der Waals surface area (Å²) in [5.41, 5.74) is -3.88. The standard InChI is InChI=1S/C20H18F3N3O5S/c1-29-18-11-13(4-5-17(18)26-7-9-30-10-8-26)15-12-16-14(3-2-6-24-16)19(25-15)31-32(27,28)20(21,22)23/h2-6,11-12H,7-10H2,1H3. The third-order valence-electron chi connectivity index (χ3n) is 4.86. The Morgan fingerprint density at radius 1 is 1.12 bits per heavy atom. The highest BCUT2D eigenvalue weighted by atomic mass is 32.2. The molecule has 0 spiro atoms. The topological polar surface area (TPSA) is 90.9 Å². The first-order valence-electron chi connectivity index (χ1n) is 9.47. The first kappa shape index (κ1) is 22.1. The van der Waals surface area contributed by atoms with Gasteiger partial charge >= 0.3 is 15.6 Å². The molecule has 0 bridgehead atoms. The molecule has 1 fully saturated rings. The minimum absolute atomic E-state index is 0.0287. The van der Waals surface area contributed by atoms with Crippen LogP contribution in [0.5, 0.6) is 11.6 Å². The number of anilines is 1. The molecule has 3 aromatic rings. The fourth-order valence-electron chi connectivity index (χ4n) is 3.31. The second kappa shape index (κ2) is 8.43. The largest absolute Gasteiger partial charge is 0.534 e. The van der Waals surface area contributed by atoms with Crippen molar-refractivity contribution in [3.8, 4) is 22.9 Å². The number of alkyl halides is 3. The maximum atomic E-state index is 12.9. The zero-order valence-corrected chi connectivity index (χ0v) is 17.6. The first-order valence-corrected chi connectivity index (χ1v) is 10.9. The van der Waals surface area contributed by atoms with E-state index in [2.05, 4.69) is 19.1 Å². The van der Waals surface area contributed by atoms with Gasteiger partial charge in [0.15, 0.2) is 0 Å². The number of morpholine rings is 1. The van der Waals surface area contributed by atoms with E-state index in [1.807, 2.05) is 0 Å². The van der Waals surface area contributed by atoms with Gasteiger partial charge < -0.3 is 18.6 Å². The summed E-state index contributed by atoms with van der Waals surface area (Å²) in [4.78, 5) is 10.3. The monoisotopic (exact) mass is 469 g/mol. The number of aromatic nitrogens is 2. The van der Waals surface area contributed by atoms with Gasteiger partial charge in [0.2, 0.25) is 5.88 Å². The number of methoxy groups -OCH3 is 1. The van der Waals surface area contributed by atoms with Gasteiger partial charge in [-0.15, -0.1) is 0 Å². The summed E-state index contributed by atoms with van der Waals surface area (Å²) in [5.74, 6) is -0.183. The lowest BCUT2D eigenvalue weighted by molar-refractivity contribution is -0.0500. The summed E-state index contributed by atoms with van der Waals surface area (Å²) >= 11 is 0. The maximum absolute atomic E-state index is 12.9. The van der Waals surface area contributed by atoms with Crippen molar-refractivity contribution >= 4 is 26.7 Å². The molecule has 2 aromatic heterocycles. The average Bonchev–Trinajstić information content (AvgIpc) is 2.78. The lowest BCUT2D eigenvalue weighted by Crippen LogP contribution is -2.36. The molecular weight excluding hydrogens is 451 g/mol. The van der Waals surface area contributed by atoms with Crippen molar-refractivity contribution in [2.45, 2.75) is 5.51 Å². The zero-order valence-electron chi connectivity index (χ0n) is 16.8. The molecule has 170 valence electrons. The number of pyridine rings is 2. The highest BCUT2D eigenvalue weighted by Gasteiger charge is 2.49. The Balaban J connectivity index is 1.79. The van der Waals surface area contributed by atoms with Gasteiger partial charge in [-0.1, -0.05) is 6.07 Å². The van der Waals surface area contributed by atoms with Gasteiger partial charge in [-0.2, -0.15) is 21.6 Å². The molecule has 1 aromatic carbocycles. The van der Waals surface area contributed by atoms with Crippen molar-refractivity contribution in [3.05, 3.63) is 42.6 Å². The van der Waals surface area contributed by atoms with Gasteiger partial charge in [-0.05, 0) is 30.3 Å². The van der Waals surface area contributed by atoms with Crippen LogP contribution in [0.1, 0.15) is 0 Å². The van der Waals surface area contributed by atoms with Crippen LogP contribution < -0.4 is 13.8 Å². The Hall–Kier alpha value is -3.12. The van der Waals surface area contributed by atoms with Crippen molar-refractivity contribution in [2.75, 3.05) is 38.3 Å². The molecule has 1 saturated heterocycles. The first-order chi connectivity index (χ1) is 15.2. The van der Waals surface area contributed by atoms with E-state index in [4.69, 9.17) is 9.47 Å². The van der Waals surface area contributed by atoms with E-state index in [1.165, 1.54) is 31.5 Å². The number of ether oxygens (including phenoxy) is 2. The molecule has 1 aliphatic heterocycles. The Morgan fingerprint density at radius 3 is 2.56 bits per heavy atom. The van der Waals surface area contributed by atoms with E-state index in [1.54, 1.807) is 18.2 Å². The summed E-state index contributed by atoms with van der Waals surface area (Å²) in [7, 11) is -4.41. The highest BCUT2D eigenvalue weighted by molar-refractivity contribution is 7.88. The van der Waals surface area contributed by atoms with Crippen molar-refractivity contribution in [3.63, 3.8) is 0 Å². The van der Waals surface area contributed by atoms with E-state index in [-0.39, 0.29) is 16.6 Å². The van der Waals surface area contributed by atoms with E-state index in [9.17, 15) is 21.6 Å². The molecule has 0 N–H and O–H groups in total. The van der Waals surface area contributed by atoms with Crippen molar-refractivity contribution in [1.29, 1.82) is 0 Å². The molecule has 1 aliphatic rings. The second-order valence-electron chi connectivity index (χ2n) is 6.85. The minimum atomic E-state index is -5.91. The smallest absolute Gasteiger partial charge is 0.495 e. The summed E-state index contributed by atoms with van der Waals surface area (Å²) in [5, 5.41) is 0.0287. The number of halogens is 3. The quantitative estimate of drug-likeness (QED) is 0.415. The lowest BCUT2D eigenvalue weighted by atomic mass is 10.1. The fourth-order valence-corrected chi connectivity index (χ4v) is 3.74. The van der Waals surface area contributed by atoms with Crippen LogP contribution in [0.15, 0.2) is 42.6 Å². The number of hydrogen-bond donors (Lipinski definition) is 0. The normalized spacial score (nSPS) is 15.1. The zero-order chi connectivity index (χ0) is 22.9. The molecule has 32 heavy (non-hydrogen) atoms. The molecule has 0 unspecified atom stereocenters. The number of benzene rings is 1. The summed E-state index contributed by atoms with van der Waals surface area (Å²) in [6.07, 6.45) is 1.43. The third kappa shape index (κ3) is 4.28. The molecule has 4 rings (SSSR count). The van der Waals surface area contributed by atoms with E-state index in [0.717, 1.165) is 5.69 Å². The van der Waals surface area contributed by atoms with Crippen LogP contribution in [-0.2, 0) is 14.9 Å². The highest BCUT2D eigenvalue weighted by Crippen LogP contribution is 2.36. The summed E-state index contributed by atoms with van der Waals surface area (Å²) in [6.45, 7) is 2.52. The summed E-state index contributed by atoms with van der Waals surface area (Å²) < 4.78 is 77.0. The van der Waals surface area contributed by atoms with Gasteiger partial charge in [0.1, 0.15) is 5.75 Å². The average molecular weight is 469 g/mol. The Kier molecular flexibility index (Phi) is 5.82.